The van der Waals surface area contributed by atoms with E-state index in [1.807, 2.05) is 0 Å². The minimum atomic E-state index is -0.753. The summed E-state index contributed by atoms with van der Waals surface area (Å²) < 4.78 is 13.1. The number of hydrogen-bond donors (Lipinski definition) is 3. The van der Waals surface area contributed by atoms with Crippen LogP contribution in [0.15, 0.2) is 48.8 Å². The van der Waals surface area contributed by atoms with Gasteiger partial charge in [0.25, 0.3) is 17.7 Å². The first-order valence-corrected chi connectivity index (χ1v) is 10.5. The van der Waals surface area contributed by atoms with Crippen molar-refractivity contribution in [2.45, 2.75) is 31.8 Å². The molecule has 1 aliphatic rings. The Bertz CT molecular complexity index is 1160. The fraction of sp³-hybridized carbons (Fsp3) is 0.261. The molecular weight excluding hydrogens is 429 g/mol. The van der Waals surface area contributed by atoms with Crippen molar-refractivity contribution in [1.82, 2.24) is 25.2 Å². The molecule has 10 heteroatoms. The maximum atomic E-state index is 13.1. The van der Waals surface area contributed by atoms with Crippen molar-refractivity contribution in [3.63, 3.8) is 0 Å². The minimum Gasteiger partial charge on any atom is -0.501 e. The monoisotopic (exact) mass is 451 g/mol. The van der Waals surface area contributed by atoms with E-state index in [-0.39, 0.29) is 18.3 Å². The largest absolute Gasteiger partial charge is 0.501 e. The lowest BCUT2D eigenvalue weighted by molar-refractivity contribution is 0.0598. The number of nitrogens with one attached hydrogen (secondary N) is 1. The lowest BCUT2D eigenvalue weighted by Crippen LogP contribution is -2.39. The second-order valence-electron chi connectivity index (χ2n) is 7.66. The van der Waals surface area contributed by atoms with Crippen LogP contribution in [-0.4, -0.2) is 48.4 Å². The van der Waals surface area contributed by atoms with Crippen LogP contribution in [0, 0.1) is 5.82 Å². The highest BCUT2D eigenvalue weighted by atomic mass is 19.1. The molecule has 0 spiro atoms. The standard InChI is InChI=1S/C23H22FN5O4/c24-16-8-6-14(7-9-16)12-26-21(31)18-19(30)22(32)28-20(27-18)17-5-1-2-11-29(17)23(33)15-4-3-10-25-13-15/h3-4,6-10,13,17,30H,1-2,5,11-12H2,(H,26,31)(H,27,28,32). The minimum absolute atomic E-state index is 0.0632. The second kappa shape index (κ2) is 9.60. The number of amides is 2. The van der Waals surface area contributed by atoms with E-state index in [4.69, 9.17) is 0 Å². The van der Waals surface area contributed by atoms with Crippen LogP contribution in [0.1, 0.15) is 57.5 Å². The van der Waals surface area contributed by atoms with Gasteiger partial charge in [0.15, 0.2) is 11.5 Å². The third kappa shape index (κ3) is 4.89. The van der Waals surface area contributed by atoms with Crippen molar-refractivity contribution in [1.29, 1.82) is 0 Å². The van der Waals surface area contributed by atoms with Crippen molar-refractivity contribution in [2.75, 3.05) is 6.54 Å². The lowest BCUT2D eigenvalue weighted by atomic mass is 10.00. The van der Waals surface area contributed by atoms with Crippen LogP contribution in [0.5, 0.6) is 11.6 Å². The number of carbonyl (C=O) groups is 2. The van der Waals surface area contributed by atoms with Crippen molar-refractivity contribution in [2.24, 2.45) is 0 Å². The van der Waals surface area contributed by atoms with Gasteiger partial charge in [-0.05, 0) is 49.1 Å². The summed E-state index contributed by atoms with van der Waals surface area (Å²) in [5, 5.41) is 23.0. The molecule has 2 aromatic heterocycles. The molecule has 0 radical (unpaired) electrons. The van der Waals surface area contributed by atoms with Gasteiger partial charge in [0.05, 0.1) is 11.6 Å². The molecule has 0 aliphatic carbocycles. The van der Waals surface area contributed by atoms with Crippen LogP contribution >= 0.6 is 0 Å². The van der Waals surface area contributed by atoms with Crippen LogP contribution in [0.4, 0.5) is 4.39 Å². The zero-order valence-corrected chi connectivity index (χ0v) is 17.6. The van der Waals surface area contributed by atoms with E-state index in [1.54, 1.807) is 23.2 Å². The average molecular weight is 451 g/mol. The Morgan fingerprint density at radius 3 is 2.64 bits per heavy atom. The Morgan fingerprint density at radius 1 is 1.12 bits per heavy atom. The van der Waals surface area contributed by atoms with E-state index in [1.165, 1.54) is 30.5 Å². The highest BCUT2D eigenvalue weighted by Crippen LogP contribution is 2.34. The van der Waals surface area contributed by atoms with Gasteiger partial charge in [-0.3, -0.25) is 14.6 Å². The molecule has 2 amide bonds. The summed E-state index contributed by atoms with van der Waals surface area (Å²) in [6.07, 6.45) is 5.17. The van der Waals surface area contributed by atoms with Gasteiger partial charge < -0.3 is 20.4 Å². The molecule has 1 unspecified atom stereocenters. The topological polar surface area (TPSA) is 129 Å². The molecule has 1 saturated heterocycles. The van der Waals surface area contributed by atoms with Gasteiger partial charge in [0.2, 0.25) is 5.75 Å². The molecule has 3 aromatic rings. The van der Waals surface area contributed by atoms with E-state index in [9.17, 15) is 24.2 Å². The Labute approximate surface area is 189 Å². The number of nitrogens with zero attached hydrogens (tertiary/aromatic N) is 4. The number of aromatic nitrogens is 3. The summed E-state index contributed by atoms with van der Waals surface area (Å²) in [5.74, 6) is -2.83. The summed E-state index contributed by atoms with van der Waals surface area (Å²) in [6.45, 7) is 0.517. The summed E-state index contributed by atoms with van der Waals surface area (Å²) in [4.78, 5) is 39.5. The number of rotatable bonds is 5. The zero-order valence-electron chi connectivity index (χ0n) is 17.6. The van der Waals surface area contributed by atoms with Gasteiger partial charge in [0.1, 0.15) is 5.82 Å². The summed E-state index contributed by atoms with van der Waals surface area (Å²) in [5.41, 5.74) is 0.645. The molecule has 4 rings (SSSR count). The second-order valence-corrected chi connectivity index (χ2v) is 7.66. The lowest BCUT2D eigenvalue weighted by Gasteiger charge is -2.34. The molecule has 33 heavy (non-hydrogen) atoms. The number of halogens is 1. The zero-order chi connectivity index (χ0) is 23.4. The van der Waals surface area contributed by atoms with E-state index in [2.05, 4.69) is 20.3 Å². The van der Waals surface area contributed by atoms with Crippen molar-refractivity contribution in [3.05, 3.63) is 77.3 Å². The van der Waals surface area contributed by atoms with E-state index >= 15 is 0 Å². The normalized spacial score (nSPS) is 15.8. The first kappa shape index (κ1) is 22.1. The van der Waals surface area contributed by atoms with Crippen LogP contribution < -0.4 is 5.32 Å². The van der Waals surface area contributed by atoms with E-state index < -0.39 is 35.1 Å². The maximum absolute atomic E-state index is 13.1. The Balaban J connectivity index is 1.58. The molecule has 0 bridgehead atoms. The molecule has 9 nitrogen and oxygen atoms in total. The summed E-state index contributed by atoms with van der Waals surface area (Å²) in [7, 11) is 0. The number of likely N-dealkylation sites (tertiary alicyclic amines) is 1. The summed E-state index contributed by atoms with van der Waals surface area (Å²) >= 11 is 0. The van der Waals surface area contributed by atoms with Gasteiger partial charge >= 0.3 is 0 Å². The first-order chi connectivity index (χ1) is 15.9. The quantitative estimate of drug-likeness (QED) is 0.544. The van der Waals surface area contributed by atoms with Gasteiger partial charge in [0, 0.05) is 25.5 Å². The van der Waals surface area contributed by atoms with Crippen LogP contribution in [0.25, 0.3) is 0 Å². The number of hydrogen-bond acceptors (Lipinski definition) is 7. The SMILES string of the molecule is O=C(NCc1ccc(F)cc1)c1nc(C2CCCCN2C(=O)c2cccnc2)nc(O)c1O. The van der Waals surface area contributed by atoms with Crippen molar-refractivity contribution < 1.29 is 24.2 Å². The number of benzene rings is 1. The highest BCUT2D eigenvalue weighted by molar-refractivity contribution is 5.95. The number of aromatic hydroxyl groups is 2. The van der Waals surface area contributed by atoms with Crippen molar-refractivity contribution in [3.8, 4) is 11.6 Å². The molecule has 1 atom stereocenters. The van der Waals surface area contributed by atoms with Gasteiger partial charge in [-0.1, -0.05) is 12.1 Å². The third-order valence-electron chi connectivity index (χ3n) is 5.43. The van der Waals surface area contributed by atoms with Crippen LogP contribution in [0.3, 0.4) is 0 Å². The maximum Gasteiger partial charge on any atom is 0.274 e. The number of piperidine rings is 1. The molecule has 1 aromatic carbocycles. The predicted molar refractivity (Wildman–Crippen MR) is 115 cm³/mol. The smallest absolute Gasteiger partial charge is 0.274 e. The first-order valence-electron chi connectivity index (χ1n) is 10.5. The molecule has 3 heterocycles. The van der Waals surface area contributed by atoms with Crippen LogP contribution in [0.2, 0.25) is 0 Å². The Kier molecular flexibility index (Phi) is 6.43. The molecule has 170 valence electrons. The fourth-order valence-corrected chi connectivity index (χ4v) is 3.73. The molecule has 3 N–H and O–H groups in total. The predicted octanol–water partition coefficient (Wildman–Crippen LogP) is 2.72. The number of carbonyl (C=O) groups excluding carboxylic acids is 2. The Hall–Kier alpha value is -4.08. The van der Waals surface area contributed by atoms with Gasteiger partial charge in [-0.25, -0.2) is 9.37 Å². The third-order valence-corrected chi connectivity index (χ3v) is 5.43. The molecule has 1 fully saturated rings. The van der Waals surface area contributed by atoms with Gasteiger partial charge in [-0.15, -0.1) is 0 Å². The van der Waals surface area contributed by atoms with Gasteiger partial charge in [-0.2, -0.15) is 4.98 Å². The molecular formula is C23H22FN5O4. The van der Waals surface area contributed by atoms with Crippen molar-refractivity contribution >= 4 is 11.8 Å². The average Bonchev–Trinajstić information content (AvgIpc) is 2.85. The van der Waals surface area contributed by atoms with E-state index in [0.717, 1.165) is 12.8 Å². The fourth-order valence-electron chi connectivity index (χ4n) is 3.73. The van der Waals surface area contributed by atoms with Crippen LogP contribution in [-0.2, 0) is 6.54 Å². The summed E-state index contributed by atoms with van der Waals surface area (Å²) in [6, 6.07) is 8.31. The Morgan fingerprint density at radius 2 is 1.91 bits per heavy atom. The molecule has 0 saturated carbocycles. The van der Waals surface area contributed by atoms with E-state index in [0.29, 0.717) is 24.1 Å². The highest BCUT2D eigenvalue weighted by Gasteiger charge is 2.33. The molecule has 1 aliphatic heterocycles. The number of pyridine rings is 1.